The van der Waals surface area contributed by atoms with E-state index in [2.05, 4.69) is 15.0 Å². The van der Waals surface area contributed by atoms with Crippen LogP contribution in [-0.2, 0) is 4.74 Å². The van der Waals surface area contributed by atoms with Crippen molar-refractivity contribution < 1.29 is 23.4 Å². The Kier molecular flexibility index (Phi) is 4.33. The summed E-state index contributed by atoms with van der Waals surface area (Å²) >= 11 is 0. The number of aliphatic hydroxyl groups is 1. The van der Waals surface area contributed by atoms with Crippen LogP contribution in [0, 0.1) is 0 Å². The van der Waals surface area contributed by atoms with E-state index in [0.29, 0.717) is 0 Å². The number of esters is 1. The van der Waals surface area contributed by atoms with Crippen molar-refractivity contribution in [2.45, 2.75) is 5.92 Å². The molecule has 1 heterocycles. The Hall–Kier alpha value is -1.76. The summed E-state index contributed by atoms with van der Waals surface area (Å²) in [6, 6.07) is 2.69. The molecule has 0 bridgehead atoms. The first-order chi connectivity index (χ1) is 7.98. The second-order valence-electron chi connectivity index (χ2n) is 3.29. The van der Waals surface area contributed by atoms with Crippen LogP contribution < -0.4 is 5.32 Å². The number of nitrogens with one attached hydrogen (secondary N) is 1. The smallest absolute Gasteiger partial charge is 0.338 e. The van der Waals surface area contributed by atoms with E-state index in [4.69, 9.17) is 5.11 Å². The van der Waals surface area contributed by atoms with Gasteiger partial charge in [0.15, 0.2) is 0 Å². The number of rotatable bonds is 5. The van der Waals surface area contributed by atoms with Crippen molar-refractivity contribution in [3.05, 3.63) is 23.9 Å². The fourth-order valence-corrected chi connectivity index (χ4v) is 1.05. The number of carbonyl (C=O) groups is 1. The first kappa shape index (κ1) is 13.3. The number of alkyl halides is 2. The van der Waals surface area contributed by atoms with E-state index in [1.54, 1.807) is 0 Å². The highest BCUT2D eigenvalue weighted by molar-refractivity contribution is 5.89. The summed E-state index contributed by atoms with van der Waals surface area (Å²) in [5.41, 5.74) is 0.206. The molecule has 17 heavy (non-hydrogen) atoms. The Morgan fingerprint density at radius 2 is 2.35 bits per heavy atom. The first-order valence-corrected chi connectivity index (χ1v) is 4.75. The van der Waals surface area contributed by atoms with E-state index < -0.39 is 25.0 Å². The molecule has 7 heteroatoms. The zero-order valence-electron chi connectivity index (χ0n) is 9.11. The molecule has 2 N–H and O–H groups in total. The van der Waals surface area contributed by atoms with E-state index in [1.807, 2.05) is 0 Å². The summed E-state index contributed by atoms with van der Waals surface area (Å²) in [5, 5.41) is 10.7. The van der Waals surface area contributed by atoms with Crippen LogP contribution >= 0.6 is 0 Å². The fraction of sp³-hybridized carbons (Fsp3) is 0.400. The summed E-state index contributed by atoms with van der Waals surface area (Å²) in [4.78, 5) is 14.9. The Labute approximate surface area is 96.4 Å². The summed E-state index contributed by atoms with van der Waals surface area (Å²) in [5.74, 6) is -3.70. The molecule has 1 aromatic rings. The van der Waals surface area contributed by atoms with Gasteiger partial charge in [0.1, 0.15) is 12.4 Å². The number of hydrogen-bond acceptors (Lipinski definition) is 5. The number of carbonyl (C=O) groups excluding carboxylic acids is 1. The number of ether oxygens (including phenoxy) is 1. The average molecular weight is 246 g/mol. The summed E-state index contributed by atoms with van der Waals surface area (Å²) < 4.78 is 29.9. The minimum atomic E-state index is -3.23. The topological polar surface area (TPSA) is 71.5 Å². The maximum Gasteiger partial charge on any atom is 0.338 e. The second-order valence-corrected chi connectivity index (χ2v) is 3.29. The van der Waals surface area contributed by atoms with Crippen LogP contribution in [0.5, 0.6) is 0 Å². The zero-order valence-corrected chi connectivity index (χ0v) is 9.11. The molecular formula is C10H12F2N2O3. The molecule has 0 aliphatic carbocycles. The molecule has 0 spiro atoms. The lowest BCUT2D eigenvalue weighted by Gasteiger charge is -2.14. The molecule has 94 valence electrons. The number of hydrogen-bond donors (Lipinski definition) is 2. The number of aliphatic hydroxyl groups excluding tert-OH is 1. The number of pyridine rings is 1. The first-order valence-electron chi connectivity index (χ1n) is 4.75. The molecule has 0 atom stereocenters. The standard InChI is InChI=1S/C10H12F2N2O3/c1-17-9(16)7-2-3-13-8(4-7)14-5-10(11,12)6-15/h2-4,15H,5-6H2,1H3,(H,13,14). The maximum atomic E-state index is 12.7. The van der Waals surface area contributed by atoms with Gasteiger partial charge in [-0.25, -0.2) is 18.6 Å². The van der Waals surface area contributed by atoms with Crippen molar-refractivity contribution in [1.82, 2.24) is 4.98 Å². The highest BCUT2D eigenvalue weighted by Gasteiger charge is 2.27. The average Bonchev–Trinajstić information content (AvgIpc) is 2.36. The van der Waals surface area contributed by atoms with Gasteiger partial charge in [-0.05, 0) is 12.1 Å². The van der Waals surface area contributed by atoms with Crippen LogP contribution in [0.4, 0.5) is 14.6 Å². The van der Waals surface area contributed by atoms with Gasteiger partial charge in [-0.1, -0.05) is 0 Å². The number of nitrogens with zero attached hydrogens (tertiary/aromatic N) is 1. The maximum absolute atomic E-state index is 12.7. The number of halogens is 2. The lowest BCUT2D eigenvalue weighted by atomic mass is 10.2. The van der Waals surface area contributed by atoms with Gasteiger partial charge in [-0.15, -0.1) is 0 Å². The lowest BCUT2D eigenvalue weighted by molar-refractivity contribution is -0.0373. The second kappa shape index (κ2) is 5.53. The van der Waals surface area contributed by atoms with Crippen LogP contribution in [0.15, 0.2) is 18.3 Å². The third-order valence-electron chi connectivity index (χ3n) is 1.94. The SMILES string of the molecule is COC(=O)c1ccnc(NCC(F)(F)CO)c1. The van der Waals surface area contributed by atoms with Gasteiger partial charge in [-0.3, -0.25) is 0 Å². The fourth-order valence-electron chi connectivity index (χ4n) is 1.05. The lowest BCUT2D eigenvalue weighted by Crippen LogP contribution is -2.31. The number of methoxy groups -OCH3 is 1. The largest absolute Gasteiger partial charge is 0.465 e. The van der Waals surface area contributed by atoms with Crippen molar-refractivity contribution in [3.63, 3.8) is 0 Å². The monoisotopic (exact) mass is 246 g/mol. The molecule has 1 aromatic heterocycles. The molecular weight excluding hydrogens is 234 g/mol. The number of anilines is 1. The summed E-state index contributed by atoms with van der Waals surface area (Å²) in [6.07, 6.45) is 1.30. The molecule has 0 aliphatic rings. The normalized spacial score (nSPS) is 11.1. The van der Waals surface area contributed by atoms with E-state index >= 15 is 0 Å². The van der Waals surface area contributed by atoms with Gasteiger partial charge in [0.05, 0.1) is 19.2 Å². The third kappa shape index (κ3) is 3.95. The Morgan fingerprint density at radius 3 is 2.94 bits per heavy atom. The number of aromatic nitrogens is 1. The van der Waals surface area contributed by atoms with Gasteiger partial charge in [-0.2, -0.15) is 0 Å². The minimum Gasteiger partial charge on any atom is -0.465 e. The quantitative estimate of drug-likeness (QED) is 0.755. The molecule has 0 saturated heterocycles. The molecule has 0 saturated carbocycles. The Bertz CT molecular complexity index is 399. The van der Waals surface area contributed by atoms with Gasteiger partial charge in [0.2, 0.25) is 0 Å². The predicted octanol–water partition coefficient (Wildman–Crippen LogP) is 0.908. The molecule has 0 aromatic carbocycles. The van der Waals surface area contributed by atoms with E-state index in [9.17, 15) is 13.6 Å². The van der Waals surface area contributed by atoms with E-state index in [1.165, 1.54) is 25.4 Å². The van der Waals surface area contributed by atoms with Crippen LogP contribution in [0.3, 0.4) is 0 Å². The van der Waals surface area contributed by atoms with Crippen LogP contribution in [-0.4, -0.2) is 42.2 Å². The molecule has 0 radical (unpaired) electrons. The van der Waals surface area contributed by atoms with Crippen LogP contribution in [0.25, 0.3) is 0 Å². The van der Waals surface area contributed by atoms with E-state index in [-0.39, 0.29) is 11.4 Å². The van der Waals surface area contributed by atoms with E-state index in [0.717, 1.165) is 0 Å². The van der Waals surface area contributed by atoms with Crippen LogP contribution in [0.1, 0.15) is 10.4 Å². The Balaban J connectivity index is 2.70. The van der Waals surface area contributed by atoms with Gasteiger partial charge < -0.3 is 15.2 Å². The molecule has 0 aliphatic heterocycles. The zero-order chi connectivity index (χ0) is 12.9. The summed E-state index contributed by atoms with van der Waals surface area (Å²) in [6.45, 7) is -2.02. The molecule has 0 amide bonds. The van der Waals surface area contributed by atoms with Crippen molar-refractivity contribution >= 4 is 11.8 Å². The van der Waals surface area contributed by atoms with Crippen molar-refractivity contribution in [3.8, 4) is 0 Å². The van der Waals surface area contributed by atoms with Gasteiger partial charge >= 0.3 is 5.97 Å². The summed E-state index contributed by atoms with van der Waals surface area (Å²) in [7, 11) is 1.22. The van der Waals surface area contributed by atoms with Gasteiger partial charge in [0, 0.05) is 6.20 Å². The molecule has 5 nitrogen and oxygen atoms in total. The Morgan fingerprint density at radius 1 is 1.65 bits per heavy atom. The third-order valence-corrected chi connectivity index (χ3v) is 1.94. The highest BCUT2D eigenvalue weighted by atomic mass is 19.3. The molecule has 1 rings (SSSR count). The molecule has 0 fully saturated rings. The van der Waals surface area contributed by atoms with Crippen molar-refractivity contribution in [2.75, 3.05) is 25.6 Å². The minimum absolute atomic E-state index is 0.112. The predicted molar refractivity (Wildman–Crippen MR) is 56.1 cm³/mol. The highest BCUT2D eigenvalue weighted by Crippen LogP contribution is 2.14. The van der Waals surface area contributed by atoms with Crippen LogP contribution in [0.2, 0.25) is 0 Å². The molecule has 0 unspecified atom stereocenters. The van der Waals surface area contributed by atoms with Crippen molar-refractivity contribution in [1.29, 1.82) is 0 Å². The van der Waals surface area contributed by atoms with Crippen molar-refractivity contribution in [2.24, 2.45) is 0 Å². The van der Waals surface area contributed by atoms with Gasteiger partial charge in [0.25, 0.3) is 5.92 Å².